The molecule has 2 heterocycles. The van der Waals surface area contributed by atoms with Crippen molar-refractivity contribution < 1.29 is 14.3 Å². The number of allylic oxidation sites excluding steroid dienone is 1. The molecule has 0 saturated carbocycles. The van der Waals surface area contributed by atoms with Crippen molar-refractivity contribution in [3.63, 3.8) is 0 Å². The molecule has 0 amide bonds. The zero-order valence-electron chi connectivity index (χ0n) is 16.2. The molecule has 6 nitrogen and oxygen atoms in total. The van der Waals surface area contributed by atoms with Gasteiger partial charge in [-0.1, -0.05) is 42.0 Å². The minimum absolute atomic E-state index is 0.0288. The van der Waals surface area contributed by atoms with Gasteiger partial charge in [0, 0.05) is 34.5 Å². The number of benzene rings is 2. The molecule has 2 N–H and O–H groups in total. The summed E-state index contributed by atoms with van der Waals surface area (Å²) in [5.74, 6) is -0.521. The summed E-state index contributed by atoms with van der Waals surface area (Å²) in [6.07, 6.45) is 0.788. The molecule has 0 fully saturated rings. The Bertz CT molecular complexity index is 1300. The maximum Gasteiger partial charge on any atom is 0.238 e. The first-order chi connectivity index (χ1) is 14.5. The van der Waals surface area contributed by atoms with E-state index in [9.17, 15) is 14.9 Å². The molecule has 2 aliphatic heterocycles. The molecule has 146 valence electrons. The van der Waals surface area contributed by atoms with Crippen LogP contribution in [0, 0.1) is 23.7 Å². The quantitative estimate of drug-likeness (QED) is 0.797. The third-order valence-electron chi connectivity index (χ3n) is 6.78. The fourth-order valence-corrected chi connectivity index (χ4v) is 5.74. The van der Waals surface area contributed by atoms with Crippen molar-refractivity contribution in [2.45, 2.75) is 25.5 Å². The highest BCUT2D eigenvalue weighted by atomic mass is 16.5. The molecule has 4 aliphatic rings. The van der Waals surface area contributed by atoms with E-state index in [1.807, 2.05) is 48.2 Å². The summed E-state index contributed by atoms with van der Waals surface area (Å²) < 4.78 is 6.32. The SMILES string of the molecule is Cc1ccc(N2C3=C(C(=O)CC3)[C@@]34C(=O)c5ccccc5[C@@]23OC(N)=C4C#N)cc1. The van der Waals surface area contributed by atoms with Crippen molar-refractivity contribution in [1.29, 1.82) is 5.26 Å². The Balaban J connectivity index is 1.78. The van der Waals surface area contributed by atoms with E-state index < -0.39 is 11.1 Å². The number of hydrogen-bond acceptors (Lipinski definition) is 6. The van der Waals surface area contributed by atoms with Crippen LogP contribution < -0.4 is 10.6 Å². The Morgan fingerprint density at radius 1 is 1.10 bits per heavy atom. The molecule has 2 aliphatic carbocycles. The number of nitrogens with two attached hydrogens (primary N) is 1. The smallest absolute Gasteiger partial charge is 0.238 e. The molecule has 6 rings (SSSR count). The number of Topliss-reactive ketones (excluding diaryl/α,β-unsaturated/α-hetero) is 2. The summed E-state index contributed by atoms with van der Waals surface area (Å²) in [5, 5.41) is 10.0. The zero-order chi connectivity index (χ0) is 20.8. The lowest BCUT2D eigenvalue weighted by Crippen LogP contribution is -2.52. The number of ketones is 2. The van der Waals surface area contributed by atoms with Gasteiger partial charge in [-0.2, -0.15) is 5.26 Å². The van der Waals surface area contributed by atoms with Gasteiger partial charge in [-0.05, 0) is 25.5 Å². The molecule has 0 saturated heterocycles. The Morgan fingerprint density at radius 2 is 1.83 bits per heavy atom. The van der Waals surface area contributed by atoms with Gasteiger partial charge in [0.2, 0.25) is 11.6 Å². The number of nitrogens with zero attached hydrogens (tertiary/aromatic N) is 2. The van der Waals surface area contributed by atoms with Crippen LogP contribution in [0.2, 0.25) is 0 Å². The van der Waals surface area contributed by atoms with Crippen LogP contribution in [-0.4, -0.2) is 11.6 Å². The molecule has 0 bridgehead atoms. The average molecular weight is 395 g/mol. The Morgan fingerprint density at radius 3 is 2.57 bits per heavy atom. The van der Waals surface area contributed by atoms with E-state index >= 15 is 0 Å². The number of carbonyl (C=O) groups is 2. The van der Waals surface area contributed by atoms with Crippen molar-refractivity contribution in [1.82, 2.24) is 0 Å². The van der Waals surface area contributed by atoms with Gasteiger partial charge in [-0.15, -0.1) is 0 Å². The van der Waals surface area contributed by atoms with Crippen molar-refractivity contribution >= 4 is 17.3 Å². The van der Waals surface area contributed by atoms with E-state index in [0.29, 0.717) is 29.5 Å². The summed E-state index contributed by atoms with van der Waals surface area (Å²) >= 11 is 0. The number of hydrogen-bond donors (Lipinski definition) is 1. The highest BCUT2D eigenvalue weighted by Gasteiger charge is 2.81. The predicted octanol–water partition coefficient (Wildman–Crippen LogP) is 3.19. The van der Waals surface area contributed by atoms with Gasteiger partial charge in [0.15, 0.2) is 17.0 Å². The lowest BCUT2D eigenvalue weighted by Gasteiger charge is -2.42. The van der Waals surface area contributed by atoms with Gasteiger partial charge >= 0.3 is 0 Å². The van der Waals surface area contributed by atoms with Crippen LogP contribution in [0.25, 0.3) is 0 Å². The lowest BCUT2D eigenvalue weighted by atomic mass is 9.68. The normalized spacial score (nSPS) is 28.3. The Labute approximate surface area is 172 Å². The van der Waals surface area contributed by atoms with Gasteiger partial charge in [0.25, 0.3) is 0 Å². The molecule has 2 aromatic rings. The first kappa shape index (κ1) is 17.0. The highest BCUT2D eigenvalue weighted by molar-refractivity contribution is 6.20. The van der Waals surface area contributed by atoms with Crippen molar-refractivity contribution in [3.05, 3.63) is 87.9 Å². The standard InChI is InChI=1S/C24H17N3O3/c1-13-6-8-14(9-7-13)27-18-10-11-19(28)20(18)23-17(12-25)22(26)30-24(23,27)16-5-3-2-4-15(16)21(23)29/h2-9H,10-11,26H2,1H3/t23-,24-/m0/s1. The number of carbonyl (C=O) groups excluding carboxylic acids is 2. The van der Waals surface area contributed by atoms with E-state index in [-0.39, 0.29) is 23.0 Å². The molecule has 0 aromatic heterocycles. The maximum absolute atomic E-state index is 14.0. The molecule has 6 heteroatoms. The third kappa shape index (κ3) is 1.52. The zero-order valence-corrected chi connectivity index (χ0v) is 16.2. The van der Waals surface area contributed by atoms with Gasteiger partial charge in [0.1, 0.15) is 11.6 Å². The Hall–Kier alpha value is -3.85. The van der Waals surface area contributed by atoms with Gasteiger partial charge < -0.3 is 15.4 Å². The van der Waals surface area contributed by atoms with Crippen LogP contribution in [0.1, 0.15) is 34.3 Å². The fraction of sp³-hybridized carbons (Fsp3) is 0.208. The maximum atomic E-state index is 14.0. The van der Waals surface area contributed by atoms with E-state index in [0.717, 1.165) is 16.9 Å². The van der Waals surface area contributed by atoms with Crippen LogP contribution in [-0.2, 0) is 15.3 Å². The van der Waals surface area contributed by atoms with Crippen molar-refractivity contribution in [3.8, 4) is 6.07 Å². The largest absolute Gasteiger partial charge is 0.446 e. The van der Waals surface area contributed by atoms with Crippen LogP contribution in [0.4, 0.5) is 5.69 Å². The van der Waals surface area contributed by atoms with E-state index in [1.54, 1.807) is 12.1 Å². The van der Waals surface area contributed by atoms with Crippen molar-refractivity contribution in [2.75, 3.05) is 4.90 Å². The summed E-state index contributed by atoms with van der Waals surface area (Å²) in [4.78, 5) is 29.1. The van der Waals surface area contributed by atoms with Crippen LogP contribution in [0.3, 0.4) is 0 Å². The second kappa shape index (κ2) is 5.19. The molecule has 2 aromatic carbocycles. The average Bonchev–Trinajstić information content (AvgIpc) is 3.37. The molecule has 0 spiro atoms. The number of anilines is 1. The molecular formula is C24H17N3O3. The van der Waals surface area contributed by atoms with Crippen LogP contribution in [0.15, 0.2) is 71.3 Å². The molecule has 2 atom stereocenters. The fourth-order valence-electron chi connectivity index (χ4n) is 5.74. The third-order valence-corrected chi connectivity index (χ3v) is 6.78. The molecule has 30 heavy (non-hydrogen) atoms. The first-order valence-electron chi connectivity index (χ1n) is 9.86. The molecular weight excluding hydrogens is 378 g/mol. The van der Waals surface area contributed by atoms with E-state index in [1.165, 1.54) is 0 Å². The van der Waals surface area contributed by atoms with Gasteiger partial charge in [0.05, 0.1) is 0 Å². The van der Waals surface area contributed by atoms with Crippen molar-refractivity contribution in [2.24, 2.45) is 11.1 Å². The van der Waals surface area contributed by atoms with E-state index in [2.05, 4.69) is 6.07 Å². The monoisotopic (exact) mass is 395 g/mol. The van der Waals surface area contributed by atoms with Gasteiger partial charge in [-0.25, -0.2) is 0 Å². The second-order valence-electron chi connectivity index (χ2n) is 8.14. The summed E-state index contributed by atoms with van der Waals surface area (Å²) in [6, 6.07) is 17.1. The molecule has 0 unspecified atom stereocenters. The van der Waals surface area contributed by atoms with E-state index in [4.69, 9.17) is 10.5 Å². The summed E-state index contributed by atoms with van der Waals surface area (Å²) in [5.41, 5.74) is 7.33. The topological polar surface area (TPSA) is 96.4 Å². The number of aryl methyl sites for hydroxylation is 1. The molecule has 0 radical (unpaired) electrons. The number of ether oxygens (including phenoxy) is 1. The Kier molecular flexibility index (Phi) is 2.95. The van der Waals surface area contributed by atoms with Crippen LogP contribution >= 0.6 is 0 Å². The number of rotatable bonds is 1. The first-order valence-corrected chi connectivity index (χ1v) is 9.86. The second-order valence-corrected chi connectivity index (χ2v) is 8.14. The highest BCUT2D eigenvalue weighted by Crippen LogP contribution is 2.72. The summed E-state index contributed by atoms with van der Waals surface area (Å²) in [7, 11) is 0. The predicted molar refractivity (Wildman–Crippen MR) is 108 cm³/mol. The summed E-state index contributed by atoms with van der Waals surface area (Å²) in [6.45, 7) is 1.99. The minimum atomic E-state index is -1.57. The van der Waals surface area contributed by atoms with Gasteiger partial charge in [-0.3, -0.25) is 9.59 Å². The van der Waals surface area contributed by atoms with Crippen LogP contribution in [0.5, 0.6) is 0 Å². The lowest BCUT2D eigenvalue weighted by molar-refractivity contribution is -0.116. The number of nitriles is 1. The minimum Gasteiger partial charge on any atom is -0.446 e. The number of fused-ring (bicyclic) bond motifs is 1.